The Morgan fingerprint density at radius 3 is 2.50 bits per heavy atom. The van der Waals surface area contributed by atoms with Gasteiger partial charge in [0.05, 0.1) is 12.3 Å². The maximum atomic E-state index is 13.7. The molecule has 0 radical (unpaired) electrons. The summed E-state index contributed by atoms with van der Waals surface area (Å²) in [5.74, 6) is -1.21. The van der Waals surface area contributed by atoms with Gasteiger partial charge in [0.15, 0.2) is 0 Å². The van der Waals surface area contributed by atoms with Gasteiger partial charge in [-0.15, -0.1) is 0 Å². The third-order valence-corrected chi connectivity index (χ3v) is 8.21. The first-order valence-corrected chi connectivity index (χ1v) is 16.0. The minimum absolute atomic E-state index is 0.0324. The Morgan fingerprint density at radius 2 is 1.87 bits per heavy atom. The van der Waals surface area contributed by atoms with E-state index in [2.05, 4.69) is 23.8 Å². The molecule has 0 spiro atoms. The second-order valence-corrected chi connectivity index (χ2v) is 15.8. The van der Waals surface area contributed by atoms with Crippen molar-refractivity contribution in [2.45, 2.75) is 52.3 Å². The van der Waals surface area contributed by atoms with Crippen LogP contribution in [0.2, 0.25) is 0 Å². The third kappa shape index (κ3) is 6.64. The summed E-state index contributed by atoms with van der Waals surface area (Å²) < 4.78 is 37.4. The lowest BCUT2D eigenvalue weighted by molar-refractivity contribution is -0.0494. The topological polar surface area (TPSA) is 65.2 Å². The average molecular weight is 548 g/mol. The summed E-state index contributed by atoms with van der Waals surface area (Å²) in [5, 5.41) is 4.71. The molecule has 7 nitrogen and oxygen atoms in total. The van der Waals surface area contributed by atoms with E-state index in [0.29, 0.717) is 30.2 Å². The lowest BCUT2D eigenvalue weighted by Crippen LogP contribution is -2.42. The largest absolute Gasteiger partial charge is 0.360 e. The van der Waals surface area contributed by atoms with Gasteiger partial charge < -0.3 is 14.2 Å². The molecule has 0 N–H and O–H groups in total. The van der Waals surface area contributed by atoms with Crippen LogP contribution in [0.15, 0.2) is 36.7 Å². The normalized spacial score (nSPS) is 16.3. The average Bonchev–Trinajstić information content (AvgIpc) is 3.48. The first-order valence-electron chi connectivity index (χ1n) is 13.0. The molecule has 1 saturated heterocycles. The van der Waals surface area contributed by atoms with Crippen LogP contribution < -0.4 is 0 Å². The molecule has 1 fully saturated rings. The lowest BCUT2D eigenvalue weighted by Gasteiger charge is -2.32. The van der Waals surface area contributed by atoms with Crippen LogP contribution in [0.4, 0.5) is 8.78 Å². The monoisotopic (exact) mass is 547 g/mol. The molecular weight excluding hydrogens is 508 g/mol. The molecule has 1 aliphatic heterocycles. The first kappa shape index (κ1) is 28.3. The van der Waals surface area contributed by atoms with Crippen LogP contribution in [0, 0.1) is 6.92 Å². The summed E-state index contributed by atoms with van der Waals surface area (Å²) in [6.45, 7) is 7.19. The van der Waals surface area contributed by atoms with Gasteiger partial charge >= 0.3 is 0 Å². The number of carbonyl (C=O) groups is 1. The van der Waals surface area contributed by atoms with E-state index in [0.717, 1.165) is 22.8 Å². The number of halogens is 2. The molecule has 2 aromatic heterocycles. The van der Waals surface area contributed by atoms with Crippen LogP contribution in [0.1, 0.15) is 48.8 Å². The molecule has 4 rings (SSSR count). The van der Waals surface area contributed by atoms with E-state index in [9.17, 15) is 13.6 Å². The van der Waals surface area contributed by atoms with Gasteiger partial charge in [-0.1, -0.05) is 6.07 Å². The highest BCUT2D eigenvalue weighted by atomic mass is 32.3. The molecule has 0 aliphatic carbocycles. The molecule has 3 heterocycles. The number of aromatic nitrogens is 4. The number of amides is 1. The third-order valence-electron chi connectivity index (χ3n) is 6.82. The summed E-state index contributed by atoms with van der Waals surface area (Å²) >= 11 is 0. The van der Waals surface area contributed by atoms with E-state index in [1.807, 2.05) is 60.6 Å². The lowest BCUT2D eigenvalue weighted by atomic mass is 9.98. The van der Waals surface area contributed by atoms with Crippen LogP contribution in [0.25, 0.3) is 22.6 Å². The zero-order valence-corrected chi connectivity index (χ0v) is 24.0. The molecule has 0 bridgehead atoms. The second kappa shape index (κ2) is 11.2. The van der Waals surface area contributed by atoms with Crippen LogP contribution in [-0.4, -0.2) is 80.3 Å². The van der Waals surface area contributed by atoms with E-state index in [1.54, 1.807) is 6.07 Å². The molecule has 1 amide bonds. The van der Waals surface area contributed by atoms with Crippen LogP contribution in [0.3, 0.4) is 0 Å². The number of rotatable bonds is 9. The number of imidazole rings is 1. The molecule has 0 atom stereocenters. The standard InChI is InChI=1S/C28H39F2N5O2S/c1-20(2)35-12-9-25(32-35)24-17-22(7-8-23(24)27(36)33-13-10-28(29,30)11-14-33)26-31-18-21(3)34(26)19-37-15-16-38(4,5)6/h7-9,12,17-18,20H,10-11,13-16,19H2,1-6H3. The smallest absolute Gasteiger partial charge is 0.254 e. The zero-order valence-electron chi connectivity index (χ0n) is 23.2. The number of alkyl halides is 2. The van der Waals surface area contributed by atoms with Crippen molar-refractivity contribution in [1.82, 2.24) is 24.2 Å². The number of aryl methyl sites for hydroxylation is 1. The van der Waals surface area contributed by atoms with Crippen molar-refractivity contribution in [3.8, 4) is 22.6 Å². The molecule has 3 aromatic rings. The van der Waals surface area contributed by atoms with E-state index < -0.39 is 16.0 Å². The number of nitrogens with zero attached hydrogens (tertiary/aromatic N) is 5. The molecule has 1 aliphatic rings. The van der Waals surface area contributed by atoms with Crippen LogP contribution in [0.5, 0.6) is 0 Å². The summed E-state index contributed by atoms with van der Waals surface area (Å²) in [4.78, 5) is 19.7. The van der Waals surface area contributed by atoms with Gasteiger partial charge in [0.2, 0.25) is 0 Å². The van der Waals surface area contributed by atoms with Crippen molar-refractivity contribution < 1.29 is 18.3 Å². The Balaban J connectivity index is 1.67. The zero-order chi connectivity index (χ0) is 27.7. The molecular formula is C28H39F2N5O2S. The van der Waals surface area contributed by atoms with Gasteiger partial charge in [-0.05, 0) is 57.7 Å². The second-order valence-electron chi connectivity index (χ2n) is 11.2. The Labute approximate surface area is 225 Å². The van der Waals surface area contributed by atoms with Crippen molar-refractivity contribution in [3.63, 3.8) is 0 Å². The minimum Gasteiger partial charge on any atom is -0.360 e. The fourth-order valence-corrected chi connectivity index (χ4v) is 5.00. The number of carbonyl (C=O) groups excluding carboxylic acids is 1. The van der Waals surface area contributed by atoms with Crippen molar-refractivity contribution in [3.05, 3.63) is 47.9 Å². The summed E-state index contributed by atoms with van der Waals surface area (Å²) in [6.07, 6.45) is 9.87. The Hall–Kier alpha value is -2.72. The van der Waals surface area contributed by atoms with Crippen molar-refractivity contribution >= 4 is 15.9 Å². The van der Waals surface area contributed by atoms with Crippen molar-refractivity contribution in [2.75, 3.05) is 44.2 Å². The SMILES string of the molecule is Cc1cnc(-c2ccc(C(=O)N3CCC(F)(F)CC3)c(-c3ccn(C(C)C)n3)c2)n1COCCS(C)(C)C. The highest BCUT2D eigenvalue weighted by Gasteiger charge is 2.36. The van der Waals surface area contributed by atoms with Crippen LogP contribution in [-0.2, 0) is 11.5 Å². The molecule has 208 valence electrons. The van der Waals surface area contributed by atoms with Gasteiger partial charge in [0.25, 0.3) is 11.8 Å². The molecule has 0 unspecified atom stereocenters. The van der Waals surface area contributed by atoms with E-state index >= 15 is 0 Å². The number of hydrogen-bond donors (Lipinski definition) is 0. The van der Waals surface area contributed by atoms with Crippen molar-refractivity contribution in [2.24, 2.45) is 0 Å². The number of benzene rings is 1. The molecule has 38 heavy (non-hydrogen) atoms. The number of likely N-dealkylation sites (tertiary alicyclic amines) is 1. The van der Waals surface area contributed by atoms with Gasteiger partial charge in [-0.3, -0.25) is 9.48 Å². The number of piperidine rings is 1. The summed E-state index contributed by atoms with van der Waals surface area (Å²) in [5.41, 5.74) is 3.58. The van der Waals surface area contributed by atoms with Gasteiger partial charge in [-0.2, -0.15) is 5.10 Å². The molecule has 1 aromatic carbocycles. The van der Waals surface area contributed by atoms with E-state index in [4.69, 9.17) is 9.84 Å². The Bertz CT molecular complexity index is 1270. The van der Waals surface area contributed by atoms with E-state index in [-0.39, 0.29) is 37.9 Å². The van der Waals surface area contributed by atoms with Crippen LogP contribution >= 0.6 is 10.0 Å². The predicted molar refractivity (Wildman–Crippen MR) is 150 cm³/mol. The van der Waals surface area contributed by atoms with Crippen molar-refractivity contribution in [1.29, 1.82) is 0 Å². The number of hydrogen-bond acceptors (Lipinski definition) is 4. The molecule has 10 heteroatoms. The highest BCUT2D eigenvalue weighted by Crippen LogP contribution is 2.34. The maximum absolute atomic E-state index is 13.7. The number of ether oxygens (including phenoxy) is 1. The fourth-order valence-electron chi connectivity index (χ4n) is 4.38. The van der Waals surface area contributed by atoms with Gasteiger partial charge in [-0.25, -0.2) is 23.8 Å². The quantitative estimate of drug-likeness (QED) is 0.316. The summed E-state index contributed by atoms with van der Waals surface area (Å²) in [6, 6.07) is 7.61. The summed E-state index contributed by atoms with van der Waals surface area (Å²) in [7, 11) is -0.643. The highest BCUT2D eigenvalue weighted by molar-refractivity contribution is 8.32. The fraction of sp³-hybridized carbons (Fsp3) is 0.536. The Kier molecular flexibility index (Phi) is 8.32. The first-order chi connectivity index (χ1) is 17.8. The minimum atomic E-state index is -2.72. The van der Waals surface area contributed by atoms with Gasteiger partial charge in [0.1, 0.15) is 12.6 Å². The molecule has 0 saturated carbocycles. The maximum Gasteiger partial charge on any atom is 0.254 e. The Morgan fingerprint density at radius 1 is 1.16 bits per heavy atom. The van der Waals surface area contributed by atoms with Gasteiger partial charge in [0, 0.05) is 72.5 Å². The van der Waals surface area contributed by atoms with E-state index in [1.165, 1.54) is 4.90 Å². The predicted octanol–water partition coefficient (Wildman–Crippen LogP) is 5.84.